The zero-order chi connectivity index (χ0) is 13.9. The quantitative estimate of drug-likeness (QED) is 0.352. The second-order valence-electron chi connectivity index (χ2n) is 5.21. The second-order valence-corrected chi connectivity index (χ2v) is 5.21. The van der Waals surface area contributed by atoms with Crippen LogP contribution in [0.3, 0.4) is 0 Å². The molecule has 1 saturated heterocycles. The fourth-order valence-electron chi connectivity index (χ4n) is 1.97. The monoisotopic (exact) mass is 250 g/mol. The molecule has 100 valence electrons. The number of ketones is 1. The second kappa shape index (κ2) is 5.53. The molecule has 0 aromatic carbocycles. The number of ether oxygens (including phenoxy) is 1. The van der Waals surface area contributed by atoms with E-state index in [1.807, 2.05) is 13.8 Å². The summed E-state index contributed by atoms with van der Waals surface area (Å²) in [4.78, 5) is 12.0. The van der Waals surface area contributed by atoms with Gasteiger partial charge in [0.15, 0.2) is 5.78 Å². The molecule has 0 bridgehead atoms. The maximum atomic E-state index is 12.0. The van der Waals surface area contributed by atoms with Gasteiger partial charge in [-0.15, -0.1) is 6.58 Å². The molecule has 0 amide bonds. The molecule has 0 aromatic heterocycles. The number of hydrogen-bond donors (Lipinski definition) is 1. The summed E-state index contributed by atoms with van der Waals surface area (Å²) in [6.45, 7) is 12.8. The molecule has 0 radical (unpaired) electrons. The Balaban J connectivity index is 2.69. The third-order valence-corrected chi connectivity index (χ3v) is 3.50. The van der Waals surface area contributed by atoms with Crippen LogP contribution in [0.2, 0.25) is 0 Å². The van der Waals surface area contributed by atoms with Crippen LogP contribution in [0.25, 0.3) is 0 Å². The molecule has 0 aliphatic carbocycles. The molecule has 0 aromatic rings. The van der Waals surface area contributed by atoms with Crippen molar-refractivity contribution in [2.24, 2.45) is 5.92 Å². The lowest BCUT2D eigenvalue weighted by Gasteiger charge is -2.23. The van der Waals surface area contributed by atoms with Crippen molar-refractivity contribution in [1.82, 2.24) is 0 Å². The Morgan fingerprint density at radius 1 is 1.61 bits per heavy atom. The Kier molecular flexibility index (Phi) is 4.52. The van der Waals surface area contributed by atoms with Crippen LogP contribution in [0.5, 0.6) is 0 Å². The first-order valence-corrected chi connectivity index (χ1v) is 6.21. The van der Waals surface area contributed by atoms with Crippen LogP contribution in [-0.2, 0) is 9.53 Å². The van der Waals surface area contributed by atoms with Crippen LogP contribution in [0.1, 0.15) is 33.6 Å². The van der Waals surface area contributed by atoms with Gasteiger partial charge >= 0.3 is 0 Å². The highest BCUT2D eigenvalue weighted by atomic mass is 16.5. The predicted octanol–water partition coefficient (Wildman–Crippen LogP) is 3.33. The fraction of sp³-hybridized carbons (Fsp3) is 0.533. The summed E-state index contributed by atoms with van der Waals surface area (Å²) in [5.74, 6) is -0.460. The summed E-state index contributed by atoms with van der Waals surface area (Å²) in [6.07, 6.45) is 4.60. The van der Waals surface area contributed by atoms with Crippen LogP contribution in [0.15, 0.2) is 36.6 Å². The zero-order valence-corrected chi connectivity index (χ0v) is 11.4. The predicted molar refractivity (Wildman–Crippen MR) is 72.4 cm³/mol. The van der Waals surface area contributed by atoms with Crippen molar-refractivity contribution in [3.05, 3.63) is 36.6 Å². The molecule has 1 aliphatic rings. The van der Waals surface area contributed by atoms with Gasteiger partial charge in [-0.1, -0.05) is 19.6 Å². The van der Waals surface area contributed by atoms with E-state index in [9.17, 15) is 9.90 Å². The van der Waals surface area contributed by atoms with Gasteiger partial charge in [0.1, 0.15) is 5.76 Å². The minimum absolute atomic E-state index is 0.0590. The SMILES string of the molecule is C=C[C@@]1(C)CC[C@@H](C(C)C(=O)/C=C(\O)C(=C)C)O1. The number of aliphatic hydroxyl groups is 1. The van der Waals surface area contributed by atoms with Crippen molar-refractivity contribution in [3.63, 3.8) is 0 Å². The van der Waals surface area contributed by atoms with Gasteiger partial charge < -0.3 is 9.84 Å². The maximum absolute atomic E-state index is 12.0. The van der Waals surface area contributed by atoms with Gasteiger partial charge in [-0.05, 0) is 32.3 Å². The van der Waals surface area contributed by atoms with Gasteiger partial charge in [-0.3, -0.25) is 4.79 Å². The number of carbonyl (C=O) groups excluding carboxylic acids is 1. The Morgan fingerprint density at radius 3 is 2.67 bits per heavy atom. The van der Waals surface area contributed by atoms with E-state index in [1.54, 1.807) is 13.0 Å². The van der Waals surface area contributed by atoms with Crippen LogP contribution in [0, 0.1) is 5.92 Å². The molecule has 1 heterocycles. The average Bonchev–Trinajstić information content (AvgIpc) is 2.71. The van der Waals surface area contributed by atoms with Crippen molar-refractivity contribution >= 4 is 5.78 Å². The van der Waals surface area contributed by atoms with E-state index in [1.165, 1.54) is 6.08 Å². The van der Waals surface area contributed by atoms with Crippen LogP contribution < -0.4 is 0 Å². The van der Waals surface area contributed by atoms with E-state index < -0.39 is 0 Å². The first kappa shape index (κ1) is 14.7. The Labute approximate surface area is 109 Å². The highest BCUT2D eigenvalue weighted by molar-refractivity contribution is 5.92. The van der Waals surface area contributed by atoms with Gasteiger partial charge in [-0.2, -0.15) is 0 Å². The third kappa shape index (κ3) is 3.33. The summed E-state index contributed by atoms with van der Waals surface area (Å²) < 4.78 is 5.85. The van der Waals surface area contributed by atoms with Crippen molar-refractivity contribution in [2.45, 2.75) is 45.3 Å². The van der Waals surface area contributed by atoms with Crippen LogP contribution in [-0.4, -0.2) is 22.6 Å². The van der Waals surface area contributed by atoms with Crippen LogP contribution >= 0.6 is 0 Å². The summed E-state index contributed by atoms with van der Waals surface area (Å²) in [5.41, 5.74) is 0.151. The third-order valence-electron chi connectivity index (χ3n) is 3.50. The molecule has 18 heavy (non-hydrogen) atoms. The van der Waals surface area contributed by atoms with Crippen molar-refractivity contribution in [3.8, 4) is 0 Å². The summed E-state index contributed by atoms with van der Waals surface area (Å²) in [5, 5.41) is 9.52. The minimum Gasteiger partial charge on any atom is -0.508 e. The molecule has 1 unspecified atom stereocenters. The van der Waals surface area contributed by atoms with E-state index in [4.69, 9.17) is 4.74 Å². The highest BCUT2D eigenvalue weighted by Gasteiger charge is 2.37. The molecule has 1 fully saturated rings. The molecule has 1 aliphatic heterocycles. The molecule has 0 saturated carbocycles. The van der Waals surface area contributed by atoms with Gasteiger partial charge in [-0.25, -0.2) is 0 Å². The summed E-state index contributed by atoms with van der Waals surface area (Å²) in [6, 6.07) is 0. The first-order chi connectivity index (χ1) is 8.29. The van der Waals surface area contributed by atoms with E-state index in [0.717, 1.165) is 12.8 Å². The van der Waals surface area contributed by atoms with Crippen LogP contribution in [0.4, 0.5) is 0 Å². The number of hydrogen-bond acceptors (Lipinski definition) is 3. The molecule has 1 N–H and O–H groups in total. The fourth-order valence-corrected chi connectivity index (χ4v) is 1.97. The molecule has 3 atom stereocenters. The Bertz CT molecular complexity index is 395. The van der Waals surface area contributed by atoms with Crippen molar-refractivity contribution < 1.29 is 14.6 Å². The molecular weight excluding hydrogens is 228 g/mol. The topological polar surface area (TPSA) is 46.5 Å². The van der Waals surface area contributed by atoms with Gasteiger partial charge in [0.05, 0.1) is 11.7 Å². The highest BCUT2D eigenvalue weighted by Crippen LogP contribution is 2.34. The maximum Gasteiger partial charge on any atom is 0.164 e. The number of aliphatic hydroxyl groups excluding tert-OH is 1. The van der Waals surface area contributed by atoms with Crippen molar-refractivity contribution in [2.75, 3.05) is 0 Å². The smallest absolute Gasteiger partial charge is 0.164 e. The molecule has 1 rings (SSSR count). The van der Waals surface area contributed by atoms with Gasteiger partial charge in [0.25, 0.3) is 0 Å². The average molecular weight is 250 g/mol. The minimum atomic E-state index is -0.334. The van der Waals surface area contributed by atoms with E-state index in [2.05, 4.69) is 13.2 Å². The Morgan fingerprint density at radius 2 is 2.22 bits per heavy atom. The number of rotatable bonds is 5. The van der Waals surface area contributed by atoms with E-state index >= 15 is 0 Å². The lowest BCUT2D eigenvalue weighted by atomic mass is 9.95. The first-order valence-electron chi connectivity index (χ1n) is 6.21. The summed E-state index contributed by atoms with van der Waals surface area (Å²) in [7, 11) is 0. The van der Waals surface area contributed by atoms with Crippen molar-refractivity contribution in [1.29, 1.82) is 0 Å². The van der Waals surface area contributed by atoms with E-state index in [-0.39, 0.29) is 29.2 Å². The lowest BCUT2D eigenvalue weighted by molar-refractivity contribution is -0.123. The molecular formula is C15H22O3. The molecule has 3 heteroatoms. The summed E-state index contributed by atoms with van der Waals surface area (Å²) >= 11 is 0. The number of carbonyl (C=O) groups is 1. The van der Waals surface area contributed by atoms with E-state index in [0.29, 0.717) is 5.57 Å². The lowest BCUT2D eigenvalue weighted by Crippen LogP contribution is -2.28. The standard InChI is InChI=1S/C15H22O3/c1-6-15(5)8-7-14(18-15)11(4)13(17)9-12(16)10(2)3/h6,9,11,14,16H,1-2,7-8H2,3-5H3/b12-9-/t11?,14-,15-/m0/s1. The Hall–Kier alpha value is -1.35. The largest absolute Gasteiger partial charge is 0.508 e. The molecule has 3 nitrogen and oxygen atoms in total. The van der Waals surface area contributed by atoms with Gasteiger partial charge in [0.2, 0.25) is 0 Å². The number of allylic oxidation sites excluding steroid dienone is 2. The molecule has 0 spiro atoms. The van der Waals surface area contributed by atoms with Gasteiger partial charge in [0, 0.05) is 12.0 Å². The zero-order valence-electron chi connectivity index (χ0n) is 11.4. The normalized spacial score (nSPS) is 29.9.